The Morgan fingerprint density at radius 3 is 2.39 bits per heavy atom. The number of phenols is 1. The second-order valence-corrected chi connectivity index (χ2v) is 7.70. The molecule has 0 aliphatic carbocycles. The molecule has 0 radical (unpaired) electrons. The Labute approximate surface area is 193 Å². The van der Waals surface area contributed by atoms with E-state index in [2.05, 4.69) is 16.2 Å². The molecule has 2 amide bonds. The molecule has 3 aromatic rings. The summed E-state index contributed by atoms with van der Waals surface area (Å²) >= 11 is 16.9. The lowest BCUT2D eigenvalue weighted by molar-refractivity contribution is -0.125. The second kappa shape index (κ2) is 9.82. The fraction of sp³-hybridized carbons (Fsp3) is 0.0952. The lowest BCUT2D eigenvalue weighted by Gasteiger charge is -2.17. The normalized spacial score (nSPS) is 11.5. The van der Waals surface area contributed by atoms with Gasteiger partial charge in [0.05, 0.1) is 10.6 Å². The predicted molar refractivity (Wildman–Crippen MR) is 124 cm³/mol. The van der Waals surface area contributed by atoms with Gasteiger partial charge in [-0.15, -0.1) is 0 Å². The number of hydrazine groups is 1. The molecule has 0 fully saturated rings. The predicted octanol–water partition coefficient (Wildman–Crippen LogP) is 3.96. The van der Waals surface area contributed by atoms with Gasteiger partial charge in [-0.1, -0.05) is 47.5 Å². The zero-order valence-electron chi connectivity index (χ0n) is 16.1. The van der Waals surface area contributed by atoms with Crippen LogP contribution in [0.4, 0.5) is 0 Å². The van der Waals surface area contributed by atoms with Crippen molar-refractivity contribution in [1.82, 2.24) is 16.2 Å². The molecule has 3 aromatic carbocycles. The highest BCUT2D eigenvalue weighted by molar-refractivity contribution is 7.80. The quantitative estimate of drug-likeness (QED) is 0.335. The maximum absolute atomic E-state index is 12.4. The van der Waals surface area contributed by atoms with Gasteiger partial charge in [0.2, 0.25) is 0 Å². The van der Waals surface area contributed by atoms with E-state index in [1.165, 1.54) is 19.1 Å². The summed E-state index contributed by atoms with van der Waals surface area (Å²) in [5.74, 6) is -1.09. The number of fused-ring (bicyclic) bond motifs is 1. The van der Waals surface area contributed by atoms with Crippen LogP contribution in [-0.2, 0) is 4.79 Å². The molecule has 0 heterocycles. The highest BCUT2D eigenvalue weighted by atomic mass is 35.5. The summed E-state index contributed by atoms with van der Waals surface area (Å²) in [5, 5.41) is 14.6. The number of thiocarbonyl (C=S) groups is 1. The molecule has 0 saturated heterocycles. The molecule has 0 saturated carbocycles. The summed E-state index contributed by atoms with van der Waals surface area (Å²) < 4.78 is 5.50. The lowest BCUT2D eigenvalue weighted by Crippen LogP contribution is -2.51. The largest absolute Gasteiger partial charge is 0.507 e. The number of benzene rings is 3. The number of hydrogen-bond acceptors (Lipinski definition) is 5. The van der Waals surface area contributed by atoms with Crippen molar-refractivity contribution in [2.75, 3.05) is 0 Å². The van der Waals surface area contributed by atoms with Crippen molar-refractivity contribution in [2.45, 2.75) is 13.0 Å². The van der Waals surface area contributed by atoms with Crippen molar-refractivity contribution in [3.05, 3.63) is 70.2 Å². The average Bonchev–Trinajstić information content (AvgIpc) is 2.73. The fourth-order valence-corrected chi connectivity index (χ4v) is 3.26. The summed E-state index contributed by atoms with van der Waals surface area (Å²) in [5.41, 5.74) is 4.80. The van der Waals surface area contributed by atoms with Crippen molar-refractivity contribution < 1.29 is 19.4 Å². The minimum absolute atomic E-state index is 0.0504. The van der Waals surface area contributed by atoms with Gasteiger partial charge < -0.3 is 9.84 Å². The van der Waals surface area contributed by atoms with Gasteiger partial charge in [0.25, 0.3) is 11.8 Å². The van der Waals surface area contributed by atoms with E-state index < -0.39 is 17.9 Å². The summed E-state index contributed by atoms with van der Waals surface area (Å²) in [6.07, 6.45) is -0.932. The molecule has 7 nitrogen and oxygen atoms in total. The molecular formula is C21H17Cl2N3O4S. The molecule has 1 unspecified atom stereocenters. The first kappa shape index (κ1) is 22.6. The molecule has 3 rings (SSSR count). The van der Waals surface area contributed by atoms with Gasteiger partial charge in [-0.25, -0.2) is 0 Å². The summed E-state index contributed by atoms with van der Waals surface area (Å²) in [7, 11) is 0. The Hall–Kier alpha value is -3.07. The van der Waals surface area contributed by atoms with Crippen LogP contribution >= 0.6 is 35.4 Å². The Morgan fingerprint density at radius 1 is 1.03 bits per heavy atom. The average molecular weight is 478 g/mol. The molecule has 10 heteroatoms. The fourth-order valence-electron chi connectivity index (χ4n) is 2.65. The number of phenolic OH excluding ortho intramolecular Hbond substituents is 1. The van der Waals surface area contributed by atoms with Gasteiger partial charge >= 0.3 is 0 Å². The number of aromatic hydroxyl groups is 1. The van der Waals surface area contributed by atoms with Crippen molar-refractivity contribution >= 4 is 63.1 Å². The molecule has 0 aromatic heterocycles. The zero-order chi connectivity index (χ0) is 22.5. The van der Waals surface area contributed by atoms with Crippen LogP contribution in [0, 0.1) is 0 Å². The van der Waals surface area contributed by atoms with Gasteiger partial charge in [0.1, 0.15) is 11.5 Å². The summed E-state index contributed by atoms with van der Waals surface area (Å²) in [6, 6.07) is 14.9. The van der Waals surface area contributed by atoms with Gasteiger partial charge in [0, 0.05) is 5.02 Å². The number of carbonyl (C=O) groups excluding carboxylic acids is 2. The smallest absolute Gasteiger partial charge is 0.273 e. The third kappa shape index (κ3) is 5.75. The molecule has 0 aliphatic heterocycles. The Morgan fingerprint density at radius 2 is 1.71 bits per heavy atom. The van der Waals surface area contributed by atoms with E-state index in [4.69, 9.17) is 40.2 Å². The van der Waals surface area contributed by atoms with Crippen molar-refractivity contribution in [1.29, 1.82) is 0 Å². The Kier molecular flexibility index (Phi) is 7.17. The van der Waals surface area contributed by atoms with Gasteiger partial charge in [-0.2, -0.15) is 0 Å². The highest BCUT2D eigenvalue weighted by Crippen LogP contribution is 2.28. The molecule has 1 atom stereocenters. The van der Waals surface area contributed by atoms with Crippen molar-refractivity contribution in [3.8, 4) is 11.5 Å². The van der Waals surface area contributed by atoms with Crippen LogP contribution in [0.2, 0.25) is 10.0 Å². The maximum Gasteiger partial charge on any atom is 0.273 e. The standard InChI is InChI=1S/C21H17Cl2N3O4S/c1-11(30-18-7-6-14(22)10-16(18)23)19(28)24-21(31)26-25-20(29)15-8-12-4-2-3-5-13(12)9-17(15)27/h2-11,27H,1H3,(H,25,29)(H2,24,26,28,31). The van der Waals surface area contributed by atoms with Crippen LogP contribution < -0.4 is 20.9 Å². The zero-order valence-corrected chi connectivity index (χ0v) is 18.4. The third-order valence-electron chi connectivity index (χ3n) is 4.20. The molecule has 160 valence electrons. The molecule has 4 N–H and O–H groups in total. The first-order chi connectivity index (χ1) is 14.7. The van der Waals surface area contributed by atoms with E-state index >= 15 is 0 Å². The van der Waals surface area contributed by atoms with Crippen molar-refractivity contribution in [2.24, 2.45) is 0 Å². The van der Waals surface area contributed by atoms with Crippen LogP contribution in [0.5, 0.6) is 11.5 Å². The Balaban J connectivity index is 1.55. The number of rotatable bonds is 4. The SMILES string of the molecule is CC(Oc1ccc(Cl)cc1Cl)C(=O)NC(=S)NNC(=O)c1cc2ccccc2cc1O. The molecule has 0 bridgehead atoms. The first-order valence-electron chi connectivity index (χ1n) is 8.99. The summed E-state index contributed by atoms with van der Waals surface area (Å²) in [6.45, 7) is 1.51. The minimum atomic E-state index is -0.932. The van der Waals surface area contributed by atoms with Crippen LogP contribution in [0.15, 0.2) is 54.6 Å². The summed E-state index contributed by atoms with van der Waals surface area (Å²) in [4.78, 5) is 24.6. The maximum atomic E-state index is 12.4. The van der Waals surface area contributed by atoms with E-state index in [0.29, 0.717) is 5.02 Å². The number of nitrogens with one attached hydrogen (secondary N) is 3. The second-order valence-electron chi connectivity index (χ2n) is 6.45. The Bertz CT molecular complexity index is 1170. The number of halogens is 2. The molecule has 0 aliphatic rings. The van der Waals surface area contributed by atoms with E-state index in [9.17, 15) is 14.7 Å². The van der Waals surface area contributed by atoms with Gasteiger partial charge in [-0.3, -0.25) is 25.8 Å². The first-order valence-corrected chi connectivity index (χ1v) is 10.2. The van der Waals surface area contributed by atoms with E-state index in [1.54, 1.807) is 18.2 Å². The van der Waals surface area contributed by atoms with Crippen LogP contribution in [0.3, 0.4) is 0 Å². The van der Waals surface area contributed by atoms with E-state index in [-0.39, 0.29) is 27.2 Å². The molecule has 31 heavy (non-hydrogen) atoms. The molecular weight excluding hydrogens is 461 g/mol. The van der Waals surface area contributed by atoms with E-state index in [0.717, 1.165) is 10.8 Å². The van der Waals surface area contributed by atoms with Gasteiger partial charge in [0.15, 0.2) is 11.2 Å². The van der Waals surface area contributed by atoms with Crippen LogP contribution in [0.1, 0.15) is 17.3 Å². The third-order valence-corrected chi connectivity index (χ3v) is 4.94. The van der Waals surface area contributed by atoms with Crippen LogP contribution in [0.25, 0.3) is 10.8 Å². The topological polar surface area (TPSA) is 99.7 Å². The van der Waals surface area contributed by atoms with Crippen LogP contribution in [-0.4, -0.2) is 28.1 Å². The monoisotopic (exact) mass is 477 g/mol. The lowest BCUT2D eigenvalue weighted by atomic mass is 10.1. The minimum Gasteiger partial charge on any atom is -0.507 e. The number of amides is 2. The van der Waals surface area contributed by atoms with E-state index in [1.807, 2.05) is 24.3 Å². The number of carbonyl (C=O) groups is 2. The number of ether oxygens (including phenoxy) is 1. The molecule has 0 spiro atoms. The number of hydrogen-bond donors (Lipinski definition) is 4. The van der Waals surface area contributed by atoms with Crippen molar-refractivity contribution in [3.63, 3.8) is 0 Å². The van der Waals surface area contributed by atoms with Gasteiger partial charge in [-0.05, 0) is 60.2 Å². The highest BCUT2D eigenvalue weighted by Gasteiger charge is 2.18.